The molecule has 0 aliphatic heterocycles. The molecular weight excluding hydrogens is 160 g/mol. The fourth-order valence-corrected chi connectivity index (χ4v) is 1.36. The highest BCUT2D eigenvalue weighted by Crippen LogP contribution is 2.26. The van der Waals surface area contributed by atoms with Gasteiger partial charge in [-0.1, -0.05) is 39.5 Å². The minimum atomic E-state index is -0.237. The fraction of sp³-hybridized carbons (Fsp3) is 0.875. The van der Waals surface area contributed by atoms with Crippen LogP contribution in [0.2, 0.25) is 0 Å². The Hall–Kier alpha value is -0.0200. The molecule has 1 N–H and O–H groups in total. The Morgan fingerprint density at radius 1 is 1.55 bits per heavy atom. The predicted molar refractivity (Wildman–Crippen MR) is 48.6 cm³/mol. The van der Waals surface area contributed by atoms with Crippen LogP contribution in [0.5, 0.6) is 0 Å². The van der Waals surface area contributed by atoms with Gasteiger partial charge in [0.1, 0.15) is 0 Å². The first-order chi connectivity index (χ1) is 4.87. The van der Waals surface area contributed by atoms with E-state index in [9.17, 15) is 4.79 Å². The maximum absolute atomic E-state index is 11.2. The second kappa shape index (κ2) is 4.12. The highest BCUT2D eigenvalue weighted by atomic mass is 32.2. The average Bonchev–Trinajstić information content (AvgIpc) is 1.82. The molecule has 1 unspecified atom stereocenters. The fourth-order valence-electron chi connectivity index (χ4n) is 0.477. The SMILES string of the molecule is CC(CO)C(=O)SC(C)(C)C. The predicted octanol–water partition coefficient (Wildman–Crippen LogP) is 1.67. The van der Waals surface area contributed by atoms with Crippen molar-refractivity contribution in [2.45, 2.75) is 32.4 Å². The van der Waals surface area contributed by atoms with Gasteiger partial charge in [-0.15, -0.1) is 0 Å². The molecule has 0 aromatic heterocycles. The lowest BCUT2D eigenvalue weighted by Crippen LogP contribution is -2.18. The summed E-state index contributed by atoms with van der Waals surface area (Å²) in [6, 6.07) is 0. The summed E-state index contributed by atoms with van der Waals surface area (Å²) < 4.78 is -0.0412. The molecule has 0 aromatic carbocycles. The third kappa shape index (κ3) is 5.27. The van der Waals surface area contributed by atoms with Gasteiger partial charge in [-0.05, 0) is 0 Å². The van der Waals surface area contributed by atoms with Gasteiger partial charge in [-0.2, -0.15) is 0 Å². The molecule has 3 heteroatoms. The van der Waals surface area contributed by atoms with Crippen molar-refractivity contribution < 1.29 is 9.90 Å². The average molecular weight is 176 g/mol. The van der Waals surface area contributed by atoms with Gasteiger partial charge in [0.2, 0.25) is 0 Å². The molecule has 0 rings (SSSR count). The number of aliphatic hydroxyl groups is 1. The summed E-state index contributed by atoms with van der Waals surface area (Å²) >= 11 is 1.29. The van der Waals surface area contributed by atoms with E-state index in [-0.39, 0.29) is 22.4 Å². The van der Waals surface area contributed by atoms with Crippen LogP contribution in [0, 0.1) is 5.92 Å². The van der Waals surface area contributed by atoms with Crippen LogP contribution in [0.25, 0.3) is 0 Å². The monoisotopic (exact) mass is 176 g/mol. The summed E-state index contributed by atoms with van der Waals surface area (Å²) in [5.41, 5.74) is 0. The van der Waals surface area contributed by atoms with Crippen molar-refractivity contribution in [3.05, 3.63) is 0 Å². The lowest BCUT2D eigenvalue weighted by atomic mass is 10.2. The summed E-state index contributed by atoms with van der Waals surface area (Å²) in [5.74, 6) is -0.237. The van der Waals surface area contributed by atoms with Crippen LogP contribution < -0.4 is 0 Å². The van der Waals surface area contributed by atoms with Gasteiger partial charge in [0.15, 0.2) is 5.12 Å². The van der Waals surface area contributed by atoms with E-state index in [1.54, 1.807) is 6.92 Å². The number of carbonyl (C=O) groups is 1. The van der Waals surface area contributed by atoms with E-state index < -0.39 is 0 Å². The number of thioether (sulfide) groups is 1. The Balaban J connectivity index is 3.88. The quantitative estimate of drug-likeness (QED) is 0.695. The first kappa shape index (κ1) is 11.0. The molecule has 0 saturated carbocycles. The third-order valence-corrected chi connectivity index (χ3v) is 2.30. The van der Waals surface area contributed by atoms with Crippen LogP contribution in [0.4, 0.5) is 0 Å². The zero-order chi connectivity index (χ0) is 9.07. The summed E-state index contributed by atoms with van der Waals surface area (Å²) in [7, 11) is 0. The summed E-state index contributed by atoms with van der Waals surface area (Å²) in [6.45, 7) is 7.64. The van der Waals surface area contributed by atoms with Crippen LogP contribution in [-0.2, 0) is 4.79 Å². The third-order valence-electron chi connectivity index (χ3n) is 1.08. The number of rotatable bonds is 2. The van der Waals surface area contributed by atoms with Gasteiger partial charge in [-0.3, -0.25) is 4.79 Å². The van der Waals surface area contributed by atoms with Crippen molar-refractivity contribution in [2.75, 3.05) is 6.61 Å². The smallest absolute Gasteiger partial charge is 0.194 e. The Kier molecular flexibility index (Phi) is 4.11. The van der Waals surface area contributed by atoms with Crippen molar-refractivity contribution in [2.24, 2.45) is 5.92 Å². The molecule has 1 atom stereocenters. The van der Waals surface area contributed by atoms with E-state index in [0.29, 0.717) is 0 Å². The highest BCUT2D eigenvalue weighted by Gasteiger charge is 2.20. The normalized spacial score (nSPS) is 14.6. The number of hydrogen-bond donors (Lipinski definition) is 1. The van der Waals surface area contributed by atoms with Crippen molar-refractivity contribution >= 4 is 16.9 Å². The molecule has 2 nitrogen and oxygen atoms in total. The van der Waals surface area contributed by atoms with Gasteiger partial charge >= 0.3 is 0 Å². The van der Waals surface area contributed by atoms with Crippen molar-refractivity contribution in [1.82, 2.24) is 0 Å². The van der Waals surface area contributed by atoms with Gasteiger partial charge in [0.05, 0.1) is 6.61 Å². The van der Waals surface area contributed by atoms with Gasteiger partial charge < -0.3 is 5.11 Å². The van der Waals surface area contributed by atoms with Crippen molar-refractivity contribution in [3.63, 3.8) is 0 Å². The minimum Gasteiger partial charge on any atom is -0.396 e. The molecule has 0 spiro atoms. The maximum Gasteiger partial charge on any atom is 0.194 e. The molecule has 0 aliphatic carbocycles. The Labute approximate surface area is 72.4 Å². The Bertz CT molecular complexity index is 138. The second-order valence-corrected chi connectivity index (χ2v) is 5.45. The molecular formula is C8H16O2S. The minimum absolute atomic E-state index is 0.0412. The van der Waals surface area contributed by atoms with Gasteiger partial charge in [0.25, 0.3) is 0 Å². The lowest BCUT2D eigenvalue weighted by Gasteiger charge is -2.17. The number of aliphatic hydroxyl groups excluding tert-OH is 1. The largest absolute Gasteiger partial charge is 0.396 e. The summed E-state index contributed by atoms with van der Waals surface area (Å²) in [6.07, 6.45) is 0. The molecule has 0 aliphatic rings. The molecule has 0 fully saturated rings. The molecule has 0 bridgehead atoms. The first-order valence-electron chi connectivity index (χ1n) is 3.70. The van der Waals surface area contributed by atoms with Crippen LogP contribution in [0.3, 0.4) is 0 Å². The van der Waals surface area contributed by atoms with Crippen molar-refractivity contribution in [1.29, 1.82) is 0 Å². The molecule has 0 heterocycles. The van der Waals surface area contributed by atoms with Crippen molar-refractivity contribution in [3.8, 4) is 0 Å². The Morgan fingerprint density at radius 3 is 2.27 bits per heavy atom. The number of carbonyl (C=O) groups excluding carboxylic acids is 1. The van der Waals surface area contributed by atoms with E-state index in [1.165, 1.54) is 11.8 Å². The van der Waals surface area contributed by atoms with E-state index >= 15 is 0 Å². The zero-order valence-corrected chi connectivity index (χ0v) is 8.36. The van der Waals surface area contributed by atoms with Crippen LogP contribution in [0.15, 0.2) is 0 Å². The van der Waals surface area contributed by atoms with E-state index in [2.05, 4.69) is 0 Å². The Morgan fingerprint density at radius 2 is 2.00 bits per heavy atom. The van der Waals surface area contributed by atoms with Crippen LogP contribution >= 0.6 is 11.8 Å². The molecule has 0 aromatic rings. The maximum atomic E-state index is 11.2. The molecule has 66 valence electrons. The van der Waals surface area contributed by atoms with Gasteiger partial charge in [-0.25, -0.2) is 0 Å². The molecule has 11 heavy (non-hydrogen) atoms. The molecule has 0 amide bonds. The topological polar surface area (TPSA) is 37.3 Å². The first-order valence-corrected chi connectivity index (χ1v) is 4.52. The van der Waals surface area contributed by atoms with E-state index in [0.717, 1.165) is 0 Å². The highest BCUT2D eigenvalue weighted by molar-refractivity contribution is 8.14. The van der Waals surface area contributed by atoms with Gasteiger partial charge in [0, 0.05) is 10.7 Å². The molecule has 0 radical (unpaired) electrons. The van der Waals surface area contributed by atoms with Crippen LogP contribution in [0.1, 0.15) is 27.7 Å². The summed E-state index contributed by atoms with van der Waals surface area (Å²) in [5, 5.41) is 8.74. The second-order valence-electron chi connectivity index (χ2n) is 3.62. The molecule has 0 saturated heterocycles. The van der Waals surface area contributed by atoms with E-state index in [1.807, 2.05) is 20.8 Å². The number of hydrogen-bond acceptors (Lipinski definition) is 3. The standard InChI is InChI=1S/C8H16O2S/c1-6(5-9)7(10)11-8(2,3)4/h6,9H,5H2,1-4H3. The van der Waals surface area contributed by atoms with Crippen LogP contribution in [-0.4, -0.2) is 21.6 Å². The van der Waals surface area contributed by atoms with E-state index in [4.69, 9.17) is 5.11 Å². The zero-order valence-electron chi connectivity index (χ0n) is 7.55. The lowest BCUT2D eigenvalue weighted by molar-refractivity contribution is -0.114. The summed E-state index contributed by atoms with van der Waals surface area (Å²) in [4.78, 5) is 11.2.